The van der Waals surface area contributed by atoms with Crippen LogP contribution in [0.4, 0.5) is 5.69 Å². The van der Waals surface area contributed by atoms with E-state index < -0.39 is 5.97 Å². The van der Waals surface area contributed by atoms with Gasteiger partial charge >= 0.3 is 5.97 Å². The maximum absolute atomic E-state index is 11.5. The number of carbonyl (C=O) groups excluding carboxylic acids is 1. The molecule has 0 aromatic carbocycles. The maximum Gasteiger partial charge on any atom is 0.350 e. The molecule has 0 radical (unpaired) electrons. The van der Waals surface area contributed by atoms with E-state index in [1.54, 1.807) is 6.92 Å². The third-order valence-electron chi connectivity index (χ3n) is 1.98. The van der Waals surface area contributed by atoms with Crippen LogP contribution < -0.4 is 10.5 Å². The average Bonchev–Trinajstić information content (AvgIpc) is 2.58. The molecule has 2 heterocycles. The third-order valence-corrected chi connectivity index (χ3v) is 3.06. The molecule has 0 bridgehead atoms. The number of aromatic nitrogens is 2. The molecule has 0 spiro atoms. The van der Waals surface area contributed by atoms with Gasteiger partial charge in [-0.3, -0.25) is 0 Å². The van der Waals surface area contributed by atoms with E-state index >= 15 is 0 Å². The molecule has 0 unspecified atom stereocenters. The highest BCUT2D eigenvalue weighted by Gasteiger charge is 2.23. The molecule has 0 atom stereocenters. The molecular formula is C9H9N3O3S. The summed E-state index contributed by atoms with van der Waals surface area (Å²) < 4.78 is 5.42. The number of anilines is 1. The van der Waals surface area contributed by atoms with Gasteiger partial charge in [0.1, 0.15) is 10.6 Å². The first-order valence-electron chi connectivity index (χ1n) is 4.58. The molecule has 0 aliphatic carbocycles. The van der Waals surface area contributed by atoms with E-state index in [9.17, 15) is 10.0 Å². The summed E-state index contributed by atoms with van der Waals surface area (Å²) in [5, 5.41) is 11.4. The van der Waals surface area contributed by atoms with E-state index in [-0.39, 0.29) is 22.7 Å². The second-order valence-corrected chi connectivity index (χ2v) is 3.97. The lowest BCUT2D eigenvalue weighted by Crippen LogP contribution is -2.26. The van der Waals surface area contributed by atoms with Crippen molar-refractivity contribution in [3.63, 3.8) is 0 Å². The Bertz CT molecular complexity index is 552. The van der Waals surface area contributed by atoms with Crippen LogP contribution in [-0.2, 0) is 4.74 Å². The molecule has 7 heteroatoms. The minimum absolute atomic E-state index is 0.126. The highest BCUT2D eigenvalue weighted by Crippen LogP contribution is 2.30. The van der Waals surface area contributed by atoms with Gasteiger partial charge in [-0.15, -0.1) is 0 Å². The van der Waals surface area contributed by atoms with E-state index in [1.165, 1.54) is 12.4 Å². The number of carbonyl (C=O) groups is 1. The zero-order chi connectivity index (χ0) is 11.7. The summed E-state index contributed by atoms with van der Waals surface area (Å²) >= 11 is 1.05. The summed E-state index contributed by atoms with van der Waals surface area (Å²) in [6, 6.07) is 0. The fourth-order valence-electron chi connectivity index (χ4n) is 1.31. The Morgan fingerprint density at radius 2 is 2.50 bits per heavy atom. The Morgan fingerprint density at radius 1 is 1.75 bits per heavy atom. The van der Waals surface area contributed by atoms with Gasteiger partial charge in [0, 0.05) is 0 Å². The lowest BCUT2D eigenvalue weighted by molar-refractivity contribution is -0.576. The fourth-order valence-corrected chi connectivity index (χ4v) is 2.26. The smallest absolute Gasteiger partial charge is 0.350 e. The van der Waals surface area contributed by atoms with Crippen LogP contribution in [0.2, 0.25) is 0 Å². The van der Waals surface area contributed by atoms with Crippen LogP contribution in [0.15, 0.2) is 12.4 Å². The summed E-state index contributed by atoms with van der Waals surface area (Å²) in [5.74, 6) is -0.525. The molecule has 2 aromatic rings. The van der Waals surface area contributed by atoms with Gasteiger partial charge in [0.05, 0.1) is 12.8 Å². The summed E-state index contributed by atoms with van der Waals surface area (Å²) in [6.07, 6.45) is 2.60. The molecule has 2 N–H and O–H groups in total. The van der Waals surface area contributed by atoms with Gasteiger partial charge in [-0.05, 0) is 6.92 Å². The van der Waals surface area contributed by atoms with Crippen LogP contribution in [0.3, 0.4) is 0 Å². The first-order valence-corrected chi connectivity index (χ1v) is 5.40. The van der Waals surface area contributed by atoms with Crippen molar-refractivity contribution in [2.45, 2.75) is 6.92 Å². The number of nitrogen functional groups attached to an aromatic ring is 1. The minimum Gasteiger partial charge on any atom is -0.618 e. The quantitative estimate of drug-likeness (QED) is 0.473. The number of hydrogen-bond donors (Lipinski definition) is 1. The maximum atomic E-state index is 11.5. The Balaban J connectivity index is 2.61. The van der Waals surface area contributed by atoms with Crippen LogP contribution in [-0.4, -0.2) is 17.6 Å². The number of hydrogen-bond acceptors (Lipinski definition) is 6. The van der Waals surface area contributed by atoms with Crippen LogP contribution in [0.25, 0.3) is 10.3 Å². The Labute approximate surface area is 94.9 Å². The highest BCUT2D eigenvalue weighted by molar-refractivity contribution is 7.21. The Morgan fingerprint density at radius 3 is 3.12 bits per heavy atom. The monoisotopic (exact) mass is 239 g/mol. The molecule has 0 saturated carbocycles. The average molecular weight is 239 g/mol. The van der Waals surface area contributed by atoms with Crippen molar-refractivity contribution in [1.29, 1.82) is 0 Å². The zero-order valence-electron chi connectivity index (χ0n) is 8.47. The predicted octanol–water partition coefficient (Wildman–Crippen LogP) is 0.689. The molecule has 84 valence electrons. The molecule has 0 saturated heterocycles. The van der Waals surface area contributed by atoms with E-state index in [4.69, 9.17) is 10.5 Å². The number of esters is 1. The topological polar surface area (TPSA) is 92.1 Å². The molecule has 6 nitrogen and oxygen atoms in total. The second-order valence-electron chi connectivity index (χ2n) is 2.97. The molecule has 0 aliphatic heterocycles. The zero-order valence-corrected chi connectivity index (χ0v) is 9.28. The minimum atomic E-state index is -0.525. The molecule has 16 heavy (non-hydrogen) atoms. The van der Waals surface area contributed by atoms with Gasteiger partial charge in [0.15, 0.2) is 11.0 Å². The van der Waals surface area contributed by atoms with Gasteiger partial charge in [-0.2, -0.15) is 4.73 Å². The van der Waals surface area contributed by atoms with E-state index in [0.717, 1.165) is 11.3 Å². The summed E-state index contributed by atoms with van der Waals surface area (Å²) in [6.45, 7) is 1.96. The van der Waals surface area contributed by atoms with Crippen LogP contribution >= 0.6 is 11.3 Å². The van der Waals surface area contributed by atoms with E-state index in [1.807, 2.05) is 0 Å². The third kappa shape index (κ3) is 1.54. The number of nitrogens with zero attached hydrogens (tertiary/aromatic N) is 2. The summed E-state index contributed by atoms with van der Waals surface area (Å²) in [4.78, 5) is 16.1. The molecular weight excluding hydrogens is 230 g/mol. The van der Waals surface area contributed by atoms with Gasteiger partial charge in [-0.25, -0.2) is 9.78 Å². The van der Waals surface area contributed by atoms with Crippen molar-refractivity contribution in [2.75, 3.05) is 12.3 Å². The first kappa shape index (κ1) is 10.6. The van der Waals surface area contributed by atoms with Gasteiger partial charge in [0.25, 0.3) is 5.52 Å². The van der Waals surface area contributed by atoms with Crippen molar-refractivity contribution >= 4 is 33.3 Å². The SMILES string of the molecule is CCOC(=O)c1sc2ncc[n+]([O-])c2c1N. The molecule has 0 aliphatic rings. The van der Waals surface area contributed by atoms with Crippen LogP contribution in [0.5, 0.6) is 0 Å². The van der Waals surface area contributed by atoms with E-state index in [0.29, 0.717) is 9.56 Å². The van der Waals surface area contributed by atoms with Gasteiger partial charge < -0.3 is 15.7 Å². The van der Waals surface area contributed by atoms with Crippen molar-refractivity contribution in [3.8, 4) is 0 Å². The number of thiophene rings is 1. The van der Waals surface area contributed by atoms with Gasteiger partial charge in [-0.1, -0.05) is 11.3 Å². The first-order chi connectivity index (χ1) is 7.65. The number of nitrogens with two attached hydrogens (primary N) is 1. The lowest BCUT2D eigenvalue weighted by Gasteiger charge is -1.99. The largest absolute Gasteiger partial charge is 0.618 e. The van der Waals surface area contributed by atoms with Crippen molar-refractivity contribution in [2.24, 2.45) is 0 Å². The Hall–Kier alpha value is -1.89. The fraction of sp³-hybridized carbons (Fsp3) is 0.222. The number of fused-ring (bicyclic) bond motifs is 1. The van der Waals surface area contributed by atoms with E-state index in [2.05, 4.69) is 4.98 Å². The predicted molar refractivity (Wildman–Crippen MR) is 58.9 cm³/mol. The van der Waals surface area contributed by atoms with Crippen molar-refractivity contribution < 1.29 is 14.3 Å². The number of rotatable bonds is 2. The second kappa shape index (κ2) is 3.93. The summed E-state index contributed by atoms with van der Waals surface area (Å²) in [7, 11) is 0. The van der Waals surface area contributed by atoms with Crippen LogP contribution in [0, 0.1) is 5.21 Å². The van der Waals surface area contributed by atoms with Crippen LogP contribution in [0.1, 0.15) is 16.6 Å². The lowest BCUT2D eigenvalue weighted by atomic mass is 10.3. The normalized spacial score (nSPS) is 10.6. The van der Waals surface area contributed by atoms with Crippen molar-refractivity contribution in [1.82, 2.24) is 4.98 Å². The Kier molecular flexibility index (Phi) is 2.61. The molecule has 2 rings (SSSR count). The number of ether oxygens (including phenoxy) is 1. The molecule has 0 fully saturated rings. The van der Waals surface area contributed by atoms with Crippen molar-refractivity contribution in [3.05, 3.63) is 22.5 Å². The standard InChI is InChI=1S/C9H9N3O3S/c1-2-15-9(13)7-5(10)6-8(16-7)11-3-4-12(6)14/h3-4H,2,10H2,1H3. The summed E-state index contributed by atoms with van der Waals surface area (Å²) in [5.41, 5.74) is 6.06. The highest BCUT2D eigenvalue weighted by atomic mass is 32.1. The molecule has 2 aromatic heterocycles. The molecule has 0 amide bonds. The van der Waals surface area contributed by atoms with Gasteiger partial charge in [0.2, 0.25) is 0 Å².